The fourth-order valence-electron chi connectivity index (χ4n) is 3.57. The Morgan fingerprint density at radius 1 is 0.914 bits per heavy atom. The summed E-state index contributed by atoms with van der Waals surface area (Å²) in [5, 5.41) is -0.501. The third-order valence-corrected chi connectivity index (χ3v) is 6.71. The molecule has 3 aromatic rings. The summed E-state index contributed by atoms with van der Waals surface area (Å²) in [5.74, 6) is -0.983. The lowest BCUT2D eigenvalue weighted by Gasteiger charge is -2.15. The molecule has 1 unspecified atom stereocenters. The predicted octanol–water partition coefficient (Wildman–Crippen LogP) is 4.47. The molecule has 4 rings (SSSR count). The largest absolute Gasteiger partial charge is 0.497 e. The highest BCUT2D eigenvalue weighted by atomic mass is 32.2. The molecule has 1 atom stereocenters. The van der Waals surface area contributed by atoms with Gasteiger partial charge in [-0.2, -0.15) is 0 Å². The Balaban J connectivity index is 1.36. The quantitative estimate of drug-likeness (QED) is 0.262. The van der Waals surface area contributed by atoms with E-state index in [1.165, 1.54) is 43.1 Å². The van der Waals surface area contributed by atoms with Gasteiger partial charge in [0.25, 0.3) is 0 Å². The first-order valence-corrected chi connectivity index (χ1v) is 11.8. The minimum Gasteiger partial charge on any atom is -0.497 e. The Labute approximate surface area is 207 Å². The average molecular weight is 490 g/mol. The fourth-order valence-corrected chi connectivity index (χ4v) is 4.62. The molecule has 1 aliphatic rings. The van der Waals surface area contributed by atoms with Crippen molar-refractivity contribution >= 4 is 41.0 Å². The molecule has 3 aromatic carbocycles. The molecule has 0 bridgehead atoms. The summed E-state index contributed by atoms with van der Waals surface area (Å²) in [6.07, 6.45) is 0.106. The van der Waals surface area contributed by atoms with Crippen molar-refractivity contribution in [3.8, 4) is 5.75 Å². The molecule has 1 fully saturated rings. The van der Waals surface area contributed by atoms with Gasteiger partial charge >= 0.3 is 5.97 Å². The molecular formula is C27H23NO6S. The van der Waals surface area contributed by atoms with Gasteiger partial charge < -0.3 is 9.47 Å². The van der Waals surface area contributed by atoms with E-state index in [0.717, 1.165) is 15.4 Å². The van der Waals surface area contributed by atoms with E-state index in [-0.39, 0.29) is 29.6 Å². The Morgan fingerprint density at radius 3 is 2.17 bits per heavy atom. The van der Waals surface area contributed by atoms with E-state index in [0.29, 0.717) is 17.0 Å². The van der Waals surface area contributed by atoms with Crippen LogP contribution in [-0.2, 0) is 14.3 Å². The summed E-state index contributed by atoms with van der Waals surface area (Å²) < 4.78 is 10.2. The summed E-state index contributed by atoms with van der Waals surface area (Å²) in [6, 6.07) is 20.3. The van der Waals surface area contributed by atoms with E-state index in [1.807, 2.05) is 31.2 Å². The number of anilines is 1. The highest BCUT2D eigenvalue weighted by Crippen LogP contribution is 2.34. The number of nitrogens with zero attached hydrogens (tertiary/aromatic N) is 1. The maximum atomic E-state index is 12.9. The van der Waals surface area contributed by atoms with Crippen LogP contribution in [0.5, 0.6) is 5.75 Å². The first kappa shape index (κ1) is 24.2. The Hall–Kier alpha value is -3.91. The van der Waals surface area contributed by atoms with Gasteiger partial charge in [0.2, 0.25) is 11.8 Å². The first-order valence-electron chi connectivity index (χ1n) is 10.9. The van der Waals surface area contributed by atoms with E-state index < -0.39 is 17.8 Å². The van der Waals surface area contributed by atoms with Crippen molar-refractivity contribution < 1.29 is 28.7 Å². The maximum Gasteiger partial charge on any atom is 0.338 e. The van der Waals surface area contributed by atoms with Crippen LogP contribution in [0.15, 0.2) is 77.7 Å². The lowest BCUT2D eigenvalue weighted by molar-refractivity contribution is -0.121. The molecule has 0 N–H and O–H groups in total. The van der Waals surface area contributed by atoms with Crippen molar-refractivity contribution in [2.45, 2.75) is 23.5 Å². The average Bonchev–Trinajstić information content (AvgIpc) is 3.16. The zero-order valence-electron chi connectivity index (χ0n) is 19.2. The highest BCUT2D eigenvalue weighted by molar-refractivity contribution is 8.00. The number of amides is 2. The SMILES string of the molecule is COc1ccc(C(=O)COC(=O)c2ccc(N3C(=O)CC(Sc4ccc(C)cc4)C3=O)cc2)cc1. The molecule has 7 nitrogen and oxygen atoms in total. The number of ether oxygens (including phenoxy) is 2. The van der Waals surface area contributed by atoms with Gasteiger partial charge in [0, 0.05) is 16.9 Å². The molecule has 1 heterocycles. The second kappa shape index (κ2) is 10.6. The number of rotatable bonds is 8. The van der Waals surface area contributed by atoms with Crippen LogP contribution in [0.4, 0.5) is 5.69 Å². The normalized spacial score (nSPS) is 15.3. The summed E-state index contributed by atoms with van der Waals surface area (Å²) in [6.45, 7) is 1.58. The highest BCUT2D eigenvalue weighted by Gasteiger charge is 2.40. The minimum atomic E-state index is -0.676. The van der Waals surface area contributed by atoms with Crippen molar-refractivity contribution in [1.82, 2.24) is 0 Å². The van der Waals surface area contributed by atoms with E-state index in [9.17, 15) is 19.2 Å². The number of hydrogen-bond donors (Lipinski definition) is 0. The molecule has 35 heavy (non-hydrogen) atoms. The number of hydrogen-bond acceptors (Lipinski definition) is 7. The van der Waals surface area contributed by atoms with Crippen LogP contribution in [0.25, 0.3) is 0 Å². The summed E-state index contributed by atoms with van der Waals surface area (Å²) >= 11 is 1.36. The van der Waals surface area contributed by atoms with Gasteiger partial charge in [-0.3, -0.25) is 14.4 Å². The molecule has 0 radical (unpaired) electrons. The van der Waals surface area contributed by atoms with Crippen LogP contribution in [0.2, 0.25) is 0 Å². The Morgan fingerprint density at radius 2 is 1.54 bits per heavy atom. The van der Waals surface area contributed by atoms with Gasteiger partial charge in [0.15, 0.2) is 12.4 Å². The third kappa shape index (κ3) is 5.60. The number of carbonyl (C=O) groups is 4. The lowest BCUT2D eigenvalue weighted by Crippen LogP contribution is -2.31. The monoisotopic (exact) mass is 489 g/mol. The van der Waals surface area contributed by atoms with Gasteiger partial charge in [-0.1, -0.05) is 17.7 Å². The molecule has 178 valence electrons. The fraction of sp³-hybridized carbons (Fsp3) is 0.185. The van der Waals surface area contributed by atoms with Crippen LogP contribution in [0.3, 0.4) is 0 Å². The molecule has 0 aliphatic carbocycles. The van der Waals surface area contributed by atoms with Gasteiger partial charge in [0.1, 0.15) is 5.75 Å². The van der Waals surface area contributed by atoms with Gasteiger partial charge in [-0.25, -0.2) is 9.69 Å². The van der Waals surface area contributed by atoms with E-state index in [4.69, 9.17) is 9.47 Å². The lowest BCUT2D eigenvalue weighted by atomic mass is 10.1. The number of aryl methyl sites for hydroxylation is 1. The van der Waals surface area contributed by atoms with E-state index >= 15 is 0 Å². The molecule has 2 amide bonds. The Bertz CT molecular complexity index is 1250. The van der Waals surface area contributed by atoms with Crippen molar-refractivity contribution in [2.75, 3.05) is 18.6 Å². The van der Waals surface area contributed by atoms with Gasteiger partial charge in [-0.05, 0) is 67.6 Å². The number of Topliss-reactive ketones (excluding diaryl/α,β-unsaturated/α-hetero) is 1. The van der Waals surface area contributed by atoms with Crippen LogP contribution in [0.1, 0.15) is 32.7 Å². The summed E-state index contributed by atoms with van der Waals surface area (Å²) in [4.78, 5) is 52.2. The zero-order chi connectivity index (χ0) is 24.9. The number of thioether (sulfide) groups is 1. The van der Waals surface area contributed by atoms with Crippen LogP contribution >= 0.6 is 11.8 Å². The second-order valence-electron chi connectivity index (χ2n) is 7.97. The van der Waals surface area contributed by atoms with Gasteiger partial charge in [0.05, 0.1) is 23.6 Å². The molecule has 1 aliphatic heterocycles. The predicted molar refractivity (Wildman–Crippen MR) is 132 cm³/mol. The molecule has 1 saturated heterocycles. The third-order valence-electron chi connectivity index (χ3n) is 5.51. The number of esters is 1. The number of carbonyl (C=O) groups excluding carboxylic acids is 4. The summed E-state index contributed by atoms with van der Waals surface area (Å²) in [5.41, 5.74) is 2.12. The number of methoxy groups -OCH3 is 1. The van der Waals surface area contributed by atoms with Crippen molar-refractivity contribution in [1.29, 1.82) is 0 Å². The molecule has 8 heteroatoms. The Kier molecular flexibility index (Phi) is 7.31. The van der Waals surface area contributed by atoms with Crippen molar-refractivity contribution in [2.24, 2.45) is 0 Å². The minimum absolute atomic E-state index is 0.106. The number of benzene rings is 3. The van der Waals surface area contributed by atoms with Crippen LogP contribution < -0.4 is 9.64 Å². The van der Waals surface area contributed by atoms with Crippen LogP contribution in [0, 0.1) is 6.92 Å². The van der Waals surface area contributed by atoms with Gasteiger partial charge in [-0.15, -0.1) is 11.8 Å². The van der Waals surface area contributed by atoms with E-state index in [2.05, 4.69) is 0 Å². The molecular weight excluding hydrogens is 466 g/mol. The first-order chi connectivity index (χ1) is 16.9. The summed E-state index contributed by atoms with van der Waals surface area (Å²) in [7, 11) is 1.53. The molecule has 0 aromatic heterocycles. The topological polar surface area (TPSA) is 90.0 Å². The molecule has 0 spiro atoms. The number of ketones is 1. The molecule has 0 saturated carbocycles. The van der Waals surface area contributed by atoms with Crippen molar-refractivity contribution in [3.63, 3.8) is 0 Å². The number of imide groups is 1. The standard InChI is InChI=1S/C27H23NO6S/c1-17-3-13-22(14-4-17)35-24-15-25(30)28(26(24)31)20-9-5-19(6-10-20)27(32)34-16-23(29)18-7-11-21(33-2)12-8-18/h3-14,24H,15-16H2,1-2H3. The zero-order valence-corrected chi connectivity index (χ0v) is 20.0. The van der Waals surface area contributed by atoms with Crippen LogP contribution in [-0.4, -0.2) is 42.5 Å². The van der Waals surface area contributed by atoms with Crippen molar-refractivity contribution in [3.05, 3.63) is 89.5 Å². The maximum absolute atomic E-state index is 12.9. The second-order valence-corrected chi connectivity index (χ2v) is 9.24. The van der Waals surface area contributed by atoms with E-state index in [1.54, 1.807) is 24.3 Å². The smallest absolute Gasteiger partial charge is 0.338 e.